The molecular formula is C14H19N3. The highest BCUT2D eigenvalue weighted by Crippen LogP contribution is 2.28. The Morgan fingerprint density at radius 3 is 2.35 bits per heavy atom. The lowest BCUT2D eigenvalue weighted by Crippen LogP contribution is -2.14. The maximum absolute atomic E-state index is 5.59. The minimum Gasteiger partial charge on any atom is -0.382 e. The summed E-state index contributed by atoms with van der Waals surface area (Å²) >= 11 is 0. The molecule has 0 atom stereocenters. The van der Waals surface area contributed by atoms with Crippen molar-refractivity contribution in [3.63, 3.8) is 0 Å². The van der Waals surface area contributed by atoms with Crippen LogP contribution in [0.15, 0.2) is 30.3 Å². The van der Waals surface area contributed by atoms with Gasteiger partial charge in [0, 0.05) is 6.07 Å². The molecule has 0 aliphatic carbocycles. The molecule has 0 fully saturated rings. The number of aromatic nitrogens is 2. The third-order valence-electron chi connectivity index (χ3n) is 3.46. The van der Waals surface area contributed by atoms with Crippen LogP contribution < -0.4 is 5.73 Å². The van der Waals surface area contributed by atoms with Crippen LogP contribution in [0.3, 0.4) is 0 Å². The molecule has 0 amide bonds. The number of hydrogen-bond donors (Lipinski definition) is 2. The van der Waals surface area contributed by atoms with Crippen LogP contribution in [0.2, 0.25) is 0 Å². The smallest absolute Gasteiger partial charge is 0.145 e. The highest BCUT2D eigenvalue weighted by atomic mass is 15.2. The number of hydrogen-bond acceptors (Lipinski definition) is 2. The largest absolute Gasteiger partial charge is 0.382 e. The molecule has 2 rings (SSSR count). The number of aromatic amines is 1. The van der Waals surface area contributed by atoms with Crippen LogP contribution in [0.5, 0.6) is 0 Å². The van der Waals surface area contributed by atoms with E-state index in [1.807, 2.05) is 6.07 Å². The number of anilines is 1. The third kappa shape index (κ3) is 2.33. The van der Waals surface area contributed by atoms with Crippen molar-refractivity contribution in [1.82, 2.24) is 10.2 Å². The summed E-state index contributed by atoms with van der Waals surface area (Å²) in [6.45, 7) is 6.73. The van der Waals surface area contributed by atoms with Crippen molar-refractivity contribution in [1.29, 1.82) is 0 Å². The van der Waals surface area contributed by atoms with Gasteiger partial charge in [0.1, 0.15) is 5.82 Å². The Kier molecular flexibility index (Phi) is 2.92. The van der Waals surface area contributed by atoms with E-state index in [9.17, 15) is 0 Å². The van der Waals surface area contributed by atoms with E-state index in [2.05, 4.69) is 55.2 Å². The molecule has 0 spiro atoms. The standard InChI is InChI=1S/C14H19N3/c1-4-14(2,3)11-7-5-10(6-8-11)12-9-13(15)17-16-12/h5-9H,4H2,1-3H3,(H3,15,16,17). The van der Waals surface area contributed by atoms with Gasteiger partial charge in [-0.3, -0.25) is 5.10 Å². The molecule has 1 aromatic carbocycles. The molecule has 0 radical (unpaired) electrons. The molecule has 3 heteroatoms. The van der Waals surface area contributed by atoms with Crippen molar-refractivity contribution in [2.45, 2.75) is 32.6 Å². The van der Waals surface area contributed by atoms with Gasteiger partial charge in [0.25, 0.3) is 0 Å². The molecule has 2 aromatic rings. The molecule has 3 nitrogen and oxygen atoms in total. The lowest BCUT2D eigenvalue weighted by atomic mass is 9.82. The fourth-order valence-corrected chi connectivity index (χ4v) is 1.79. The fraction of sp³-hybridized carbons (Fsp3) is 0.357. The van der Waals surface area contributed by atoms with Gasteiger partial charge >= 0.3 is 0 Å². The molecule has 0 saturated carbocycles. The summed E-state index contributed by atoms with van der Waals surface area (Å²) in [6, 6.07) is 10.4. The van der Waals surface area contributed by atoms with Crippen LogP contribution in [0.4, 0.5) is 5.82 Å². The first kappa shape index (κ1) is 11.7. The van der Waals surface area contributed by atoms with Gasteiger partial charge < -0.3 is 5.73 Å². The topological polar surface area (TPSA) is 54.7 Å². The number of nitrogens with two attached hydrogens (primary N) is 1. The summed E-state index contributed by atoms with van der Waals surface area (Å²) in [4.78, 5) is 0. The van der Waals surface area contributed by atoms with Crippen molar-refractivity contribution in [2.24, 2.45) is 0 Å². The molecular weight excluding hydrogens is 210 g/mol. The second kappa shape index (κ2) is 4.24. The van der Waals surface area contributed by atoms with Gasteiger partial charge in [-0.25, -0.2) is 0 Å². The second-order valence-electron chi connectivity index (χ2n) is 5.02. The van der Waals surface area contributed by atoms with Gasteiger partial charge in [-0.2, -0.15) is 5.10 Å². The zero-order chi connectivity index (χ0) is 12.5. The van der Waals surface area contributed by atoms with Crippen molar-refractivity contribution in [3.05, 3.63) is 35.9 Å². The van der Waals surface area contributed by atoms with Gasteiger partial charge in [0.05, 0.1) is 5.69 Å². The highest BCUT2D eigenvalue weighted by Gasteiger charge is 2.17. The maximum Gasteiger partial charge on any atom is 0.145 e. The monoisotopic (exact) mass is 229 g/mol. The van der Waals surface area contributed by atoms with Crippen molar-refractivity contribution in [3.8, 4) is 11.3 Å². The number of benzene rings is 1. The quantitative estimate of drug-likeness (QED) is 0.848. The zero-order valence-electron chi connectivity index (χ0n) is 10.6. The van der Waals surface area contributed by atoms with Gasteiger partial charge in [-0.05, 0) is 23.0 Å². The van der Waals surface area contributed by atoms with E-state index in [-0.39, 0.29) is 5.41 Å². The molecule has 0 unspecified atom stereocenters. The number of rotatable bonds is 3. The van der Waals surface area contributed by atoms with E-state index in [1.165, 1.54) is 5.56 Å². The fourth-order valence-electron chi connectivity index (χ4n) is 1.79. The van der Waals surface area contributed by atoms with E-state index in [4.69, 9.17) is 5.73 Å². The Balaban J connectivity index is 2.30. The lowest BCUT2D eigenvalue weighted by Gasteiger charge is -2.23. The van der Waals surface area contributed by atoms with Crippen LogP contribution in [0.1, 0.15) is 32.8 Å². The molecule has 1 heterocycles. The van der Waals surface area contributed by atoms with Crippen LogP contribution in [0.25, 0.3) is 11.3 Å². The van der Waals surface area contributed by atoms with Crippen molar-refractivity contribution < 1.29 is 0 Å². The minimum absolute atomic E-state index is 0.228. The first-order valence-electron chi connectivity index (χ1n) is 5.95. The average Bonchev–Trinajstić information content (AvgIpc) is 2.76. The Bertz CT molecular complexity index is 494. The summed E-state index contributed by atoms with van der Waals surface area (Å²) in [5, 5.41) is 6.85. The Labute approximate surface area is 102 Å². The summed E-state index contributed by atoms with van der Waals surface area (Å²) < 4.78 is 0. The predicted octanol–water partition coefficient (Wildman–Crippen LogP) is 3.35. The van der Waals surface area contributed by atoms with Crippen LogP contribution in [0, 0.1) is 0 Å². The zero-order valence-corrected chi connectivity index (χ0v) is 10.6. The maximum atomic E-state index is 5.59. The first-order valence-corrected chi connectivity index (χ1v) is 5.95. The van der Waals surface area contributed by atoms with E-state index in [0.29, 0.717) is 5.82 Å². The Morgan fingerprint density at radius 1 is 1.24 bits per heavy atom. The minimum atomic E-state index is 0.228. The van der Waals surface area contributed by atoms with Gasteiger partial charge in [0.15, 0.2) is 0 Å². The summed E-state index contributed by atoms with van der Waals surface area (Å²) in [7, 11) is 0. The molecule has 17 heavy (non-hydrogen) atoms. The third-order valence-corrected chi connectivity index (χ3v) is 3.46. The number of H-pyrrole nitrogens is 1. The normalized spacial score (nSPS) is 11.7. The van der Waals surface area contributed by atoms with E-state index in [1.54, 1.807) is 0 Å². The van der Waals surface area contributed by atoms with Gasteiger partial charge in [-0.1, -0.05) is 45.0 Å². The SMILES string of the molecule is CCC(C)(C)c1ccc(-c2cc(N)n[nH]2)cc1. The van der Waals surface area contributed by atoms with E-state index >= 15 is 0 Å². The van der Waals surface area contributed by atoms with Crippen LogP contribution >= 0.6 is 0 Å². The van der Waals surface area contributed by atoms with Crippen LogP contribution in [-0.2, 0) is 5.41 Å². The molecule has 3 N–H and O–H groups in total. The molecule has 0 aliphatic rings. The molecule has 0 aliphatic heterocycles. The van der Waals surface area contributed by atoms with Crippen molar-refractivity contribution in [2.75, 3.05) is 5.73 Å². The highest BCUT2D eigenvalue weighted by molar-refractivity contribution is 5.62. The molecule has 0 bridgehead atoms. The summed E-state index contributed by atoms with van der Waals surface area (Å²) in [5.41, 5.74) is 9.26. The molecule has 1 aromatic heterocycles. The predicted molar refractivity (Wildman–Crippen MR) is 71.8 cm³/mol. The summed E-state index contributed by atoms with van der Waals surface area (Å²) in [5.74, 6) is 0.526. The molecule has 0 saturated heterocycles. The number of nitrogens with zero attached hydrogens (tertiary/aromatic N) is 1. The Morgan fingerprint density at radius 2 is 1.88 bits per heavy atom. The van der Waals surface area contributed by atoms with Crippen LogP contribution in [-0.4, -0.2) is 10.2 Å². The first-order chi connectivity index (χ1) is 8.03. The van der Waals surface area contributed by atoms with Crippen molar-refractivity contribution >= 4 is 5.82 Å². The van der Waals surface area contributed by atoms with Gasteiger partial charge in [0.2, 0.25) is 0 Å². The number of nitrogens with one attached hydrogen (secondary N) is 1. The van der Waals surface area contributed by atoms with E-state index < -0.39 is 0 Å². The lowest BCUT2D eigenvalue weighted by molar-refractivity contribution is 0.506. The average molecular weight is 229 g/mol. The van der Waals surface area contributed by atoms with E-state index in [0.717, 1.165) is 17.7 Å². The molecule has 90 valence electrons. The number of nitrogen functional groups attached to an aromatic ring is 1. The second-order valence-corrected chi connectivity index (χ2v) is 5.02. The summed E-state index contributed by atoms with van der Waals surface area (Å²) in [6.07, 6.45) is 1.13. The van der Waals surface area contributed by atoms with Gasteiger partial charge in [-0.15, -0.1) is 0 Å². The Hall–Kier alpha value is -1.77.